The van der Waals surface area contributed by atoms with Crippen LogP contribution in [0, 0.1) is 0 Å². The molecule has 19 heavy (non-hydrogen) atoms. The average Bonchev–Trinajstić information content (AvgIpc) is 3.21. The molecule has 4 heteroatoms. The Morgan fingerprint density at radius 1 is 0.947 bits per heavy atom. The Bertz CT molecular complexity index is 574. The van der Waals surface area contributed by atoms with Gasteiger partial charge in [-0.05, 0) is 35.4 Å². The van der Waals surface area contributed by atoms with Gasteiger partial charge in [-0.25, -0.2) is 0 Å². The van der Waals surface area contributed by atoms with Crippen molar-refractivity contribution in [2.24, 2.45) is 0 Å². The first-order chi connectivity index (χ1) is 9.12. The summed E-state index contributed by atoms with van der Waals surface area (Å²) in [5.41, 5.74) is 1.06. The van der Waals surface area contributed by atoms with Gasteiger partial charge in [0.1, 0.15) is 11.7 Å². The molecule has 2 nitrogen and oxygen atoms in total. The summed E-state index contributed by atoms with van der Waals surface area (Å²) in [5.74, 6) is 0. The van der Waals surface area contributed by atoms with Crippen molar-refractivity contribution in [1.82, 2.24) is 0 Å². The zero-order valence-electron chi connectivity index (χ0n) is 10.0. The molecule has 1 heterocycles. The van der Waals surface area contributed by atoms with Gasteiger partial charge in [-0.1, -0.05) is 47.5 Å². The van der Waals surface area contributed by atoms with Crippen LogP contribution in [0.1, 0.15) is 17.2 Å². The van der Waals surface area contributed by atoms with Gasteiger partial charge in [-0.2, -0.15) is 0 Å². The molecule has 3 rings (SSSR count). The van der Waals surface area contributed by atoms with Crippen LogP contribution in [0.3, 0.4) is 0 Å². The van der Waals surface area contributed by atoms with Crippen molar-refractivity contribution in [3.05, 3.63) is 69.7 Å². The van der Waals surface area contributed by atoms with Gasteiger partial charge in [-0.3, -0.25) is 0 Å². The second-order valence-corrected chi connectivity index (χ2v) is 5.51. The van der Waals surface area contributed by atoms with Crippen LogP contribution in [0.25, 0.3) is 0 Å². The molecule has 0 saturated carbocycles. The van der Waals surface area contributed by atoms with Crippen molar-refractivity contribution in [2.45, 2.75) is 11.7 Å². The predicted molar refractivity (Wildman–Crippen MR) is 75.5 cm³/mol. The van der Waals surface area contributed by atoms with Gasteiger partial charge in [0, 0.05) is 10.0 Å². The fourth-order valence-electron chi connectivity index (χ4n) is 2.21. The van der Waals surface area contributed by atoms with Gasteiger partial charge in [0.25, 0.3) is 0 Å². The van der Waals surface area contributed by atoms with Crippen LogP contribution in [0.5, 0.6) is 0 Å². The summed E-state index contributed by atoms with van der Waals surface area (Å²) in [6, 6.07) is 14.5. The van der Waals surface area contributed by atoms with Crippen LogP contribution in [0.4, 0.5) is 0 Å². The number of aliphatic hydroxyl groups excluding tert-OH is 1. The van der Waals surface area contributed by atoms with E-state index in [1.807, 2.05) is 24.3 Å². The molecule has 1 saturated heterocycles. The van der Waals surface area contributed by atoms with Crippen LogP contribution >= 0.6 is 23.2 Å². The maximum Gasteiger partial charge on any atom is 0.146 e. The van der Waals surface area contributed by atoms with Crippen LogP contribution < -0.4 is 0 Å². The number of ether oxygens (including phenoxy) is 1. The molecule has 1 aliphatic rings. The zero-order chi connectivity index (χ0) is 13.5. The first kappa shape index (κ1) is 12.9. The molecular formula is C15H12Cl2O2. The molecule has 1 N–H and O–H groups in total. The second-order valence-electron chi connectivity index (χ2n) is 4.64. The minimum absolute atomic E-state index is 0.498. The van der Waals surface area contributed by atoms with Gasteiger partial charge in [0.15, 0.2) is 0 Å². The topological polar surface area (TPSA) is 32.8 Å². The molecule has 0 bridgehead atoms. The normalized spacial score (nSPS) is 23.1. The molecule has 2 atom stereocenters. The molecule has 0 unspecified atom stereocenters. The largest absolute Gasteiger partial charge is 0.385 e. The van der Waals surface area contributed by atoms with Crippen LogP contribution in [0.15, 0.2) is 48.5 Å². The van der Waals surface area contributed by atoms with E-state index in [0.29, 0.717) is 16.7 Å². The van der Waals surface area contributed by atoms with E-state index in [4.69, 9.17) is 27.9 Å². The highest BCUT2D eigenvalue weighted by Crippen LogP contribution is 2.49. The summed E-state index contributed by atoms with van der Waals surface area (Å²) >= 11 is 11.7. The van der Waals surface area contributed by atoms with Gasteiger partial charge < -0.3 is 9.84 Å². The Balaban J connectivity index is 1.92. The van der Waals surface area contributed by atoms with Crippen molar-refractivity contribution >= 4 is 23.2 Å². The molecule has 2 aromatic rings. The minimum atomic E-state index is -0.717. The molecule has 98 valence electrons. The van der Waals surface area contributed by atoms with E-state index in [9.17, 15) is 5.11 Å². The number of aliphatic hydroxyl groups is 1. The SMILES string of the molecule is O[C@H](c1ccc(Cl)cc1)[C@]1(c2ccc(Cl)cc2)CO1. The molecule has 2 aromatic carbocycles. The summed E-state index contributed by atoms with van der Waals surface area (Å²) in [6.07, 6.45) is -0.717. The maximum atomic E-state index is 10.5. The lowest BCUT2D eigenvalue weighted by atomic mass is 9.89. The standard InChI is InChI=1S/C15H12Cl2O2/c16-12-5-1-10(2-6-12)14(18)15(9-19-15)11-3-7-13(17)8-4-11/h1-8,14,18H,9H2/t14-,15-/m1/s1. The fraction of sp³-hybridized carbons (Fsp3) is 0.200. The fourth-order valence-corrected chi connectivity index (χ4v) is 2.46. The average molecular weight is 295 g/mol. The van der Waals surface area contributed by atoms with Crippen molar-refractivity contribution in [2.75, 3.05) is 6.61 Å². The highest BCUT2D eigenvalue weighted by Gasteiger charge is 2.53. The Hall–Kier alpha value is -1.06. The van der Waals surface area contributed by atoms with E-state index in [2.05, 4.69) is 0 Å². The molecular weight excluding hydrogens is 283 g/mol. The van der Waals surface area contributed by atoms with Crippen molar-refractivity contribution in [3.8, 4) is 0 Å². The van der Waals surface area contributed by atoms with Gasteiger partial charge in [0.05, 0.1) is 6.61 Å². The van der Waals surface area contributed by atoms with Crippen molar-refractivity contribution in [3.63, 3.8) is 0 Å². The quantitative estimate of drug-likeness (QED) is 0.870. The van der Waals surface area contributed by atoms with E-state index in [-0.39, 0.29) is 0 Å². The highest BCUT2D eigenvalue weighted by molar-refractivity contribution is 6.30. The number of benzene rings is 2. The van der Waals surface area contributed by atoms with Crippen LogP contribution in [-0.2, 0) is 10.3 Å². The Kier molecular flexibility index (Phi) is 3.27. The van der Waals surface area contributed by atoms with Crippen molar-refractivity contribution in [1.29, 1.82) is 0 Å². The summed E-state index contributed by atoms with van der Waals surface area (Å²) in [4.78, 5) is 0. The summed E-state index contributed by atoms with van der Waals surface area (Å²) in [7, 11) is 0. The van der Waals surface area contributed by atoms with E-state index >= 15 is 0 Å². The molecule has 1 aliphatic heterocycles. The highest BCUT2D eigenvalue weighted by atomic mass is 35.5. The van der Waals surface area contributed by atoms with E-state index in [0.717, 1.165) is 11.1 Å². The Labute approximate surface area is 121 Å². The molecule has 1 fully saturated rings. The molecule has 0 radical (unpaired) electrons. The first-order valence-electron chi connectivity index (χ1n) is 5.95. The minimum Gasteiger partial charge on any atom is -0.385 e. The summed E-state index contributed by atoms with van der Waals surface area (Å²) in [6.45, 7) is 0.498. The lowest BCUT2D eigenvalue weighted by Gasteiger charge is -2.20. The third-order valence-corrected chi connectivity index (χ3v) is 3.92. The van der Waals surface area contributed by atoms with Crippen LogP contribution in [-0.4, -0.2) is 11.7 Å². The summed E-state index contributed by atoms with van der Waals surface area (Å²) in [5, 5.41) is 11.8. The third-order valence-electron chi connectivity index (χ3n) is 3.42. The van der Waals surface area contributed by atoms with Crippen LogP contribution in [0.2, 0.25) is 10.0 Å². The zero-order valence-corrected chi connectivity index (χ0v) is 11.5. The lowest BCUT2D eigenvalue weighted by molar-refractivity contribution is 0.0730. The monoisotopic (exact) mass is 294 g/mol. The molecule has 0 spiro atoms. The second kappa shape index (κ2) is 4.80. The molecule has 0 aliphatic carbocycles. The molecule has 0 aromatic heterocycles. The molecule has 0 amide bonds. The predicted octanol–water partition coefficient (Wildman–Crippen LogP) is 3.95. The number of epoxide rings is 1. The third kappa shape index (κ3) is 2.37. The smallest absolute Gasteiger partial charge is 0.146 e. The van der Waals surface area contributed by atoms with E-state index in [1.165, 1.54) is 0 Å². The summed E-state index contributed by atoms with van der Waals surface area (Å²) < 4.78 is 5.54. The number of hydrogen-bond donors (Lipinski definition) is 1. The number of hydrogen-bond acceptors (Lipinski definition) is 2. The van der Waals surface area contributed by atoms with Gasteiger partial charge in [-0.15, -0.1) is 0 Å². The van der Waals surface area contributed by atoms with Gasteiger partial charge >= 0.3 is 0 Å². The number of halogens is 2. The van der Waals surface area contributed by atoms with Gasteiger partial charge in [0.2, 0.25) is 0 Å². The van der Waals surface area contributed by atoms with Crippen molar-refractivity contribution < 1.29 is 9.84 Å². The Morgan fingerprint density at radius 2 is 1.42 bits per heavy atom. The Morgan fingerprint density at radius 3 is 1.89 bits per heavy atom. The number of rotatable bonds is 3. The lowest BCUT2D eigenvalue weighted by Crippen LogP contribution is -2.20. The first-order valence-corrected chi connectivity index (χ1v) is 6.71. The maximum absolute atomic E-state index is 10.5. The van der Waals surface area contributed by atoms with E-state index < -0.39 is 11.7 Å². The van der Waals surface area contributed by atoms with E-state index in [1.54, 1.807) is 24.3 Å².